The Hall–Kier alpha value is -0.380. The molecule has 1 aromatic rings. The van der Waals surface area contributed by atoms with Gasteiger partial charge < -0.3 is 5.32 Å². The first kappa shape index (κ1) is 12.1. The van der Waals surface area contributed by atoms with Crippen molar-refractivity contribution in [3.05, 3.63) is 34.9 Å². The van der Waals surface area contributed by atoms with Gasteiger partial charge in [-0.1, -0.05) is 30.7 Å². The molecule has 1 saturated heterocycles. The Morgan fingerprint density at radius 2 is 2.31 bits per heavy atom. The van der Waals surface area contributed by atoms with Crippen LogP contribution >= 0.6 is 11.6 Å². The molecule has 3 unspecified atom stereocenters. The van der Waals surface area contributed by atoms with Crippen LogP contribution in [0.1, 0.15) is 24.9 Å². The van der Waals surface area contributed by atoms with Gasteiger partial charge in [-0.15, -0.1) is 0 Å². The fourth-order valence-corrected chi connectivity index (χ4v) is 3.46. The lowest BCUT2D eigenvalue weighted by Gasteiger charge is -2.15. The van der Waals surface area contributed by atoms with Crippen LogP contribution in [0.15, 0.2) is 24.3 Å². The maximum absolute atomic E-state index is 11.9. The van der Waals surface area contributed by atoms with Gasteiger partial charge in [-0.25, -0.2) is 0 Å². The Morgan fingerprint density at radius 3 is 3.06 bits per heavy atom. The number of rotatable bonds is 1. The molecule has 0 aliphatic carbocycles. The molecular weight excluding hydrogens is 242 g/mol. The molecule has 0 saturated carbocycles. The van der Waals surface area contributed by atoms with E-state index >= 15 is 0 Å². The van der Waals surface area contributed by atoms with Crippen LogP contribution in [0, 0.1) is 0 Å². The van der Waals surface area contributed by atoms with E-state index in [1.165, 1.54) is 0 Å². The number of halogens is 1. The van der Waals surface area contributed by atoms with Crippen molar-refractivity contribution in [1.82, 2.24) is 5.32 Å². The van der Waals surface area contributed by atoms with Gasteiger partial charge in [0.2, 0.25) is 0 Å². The second kappa shape index (κ2) is 5.30. The number of hydrogen-bond donors (Lipinski definition) is 1. The van der Waals surface area contributed by atoms with Gasteiger partial charge in [0.25, 0.3) is 0 Å². The average Bonchev–Trinajstić information content (AvgIpc) is 2.42. The van der Waals surface area contributed by atoms with Crippen LogP contribution in [0.25, 0.3) is 0 Å². The average molecular weight is 258 g/mol. The van der Waals surface area contributed by atoms with Gasteiger partial charge in [-0.2, -0.15) is 0 Å². The summed E-state index contributed by atoms with van der Waals surface area (Å²) in [6.07, 6.45) is 0.976. The molecule has 0 bridgehead atoms. The largest absolute Gasteiger partial charge is 0.309 e. The van der Waals surface area contributed by atoms with Gasteiger partial charge in [-0.3, -0.25) is 4.21 Å². The molecule has 0 aromatic heterocycles. The highest BCUT2D eigenvalue weighted by atomic mass is 35.5. The second-order valence-corrected chi connectivity index (χ2v) is 6.54. The van der Waals surface area contributed by atoms with E-state index in [9.17, 15) is 4.21 Å². The minimum absolute atomic E-state index is 0.171. The van der Waals surface area contributed by atoms with Crippen LogP contribution in [0.2, 0.25) is 5.02 Å². The lowest BCUT2D eigenvalue weighted by molar-refractivity contribution is 0.578. The molecule has 1 fully saturated rings. The molecule has 1 heterocycles. The third-order valence-corrected chi connectivity index (χ3v) is 5.00. The first-order chi connectivity index (χ1) is 7.66. The van der Waals surface area contributed by atoms with Crippen LogP contribution in [0.5, 0.6) is 0 Å². The van der Waals surface area contributed by atoms with E-state index in [1.807, 2.05) is 24.3 Å². The van der Waals surface area contributed by atoms with Crippen molar-refractivity contribution in [3.63, 3.8) is 0 Å². The van der Waals surface area contributed by atoms with Crippen LogP contribution in [0.3, 0.4) is 0 Å². The van der Waals surface area contributed by atoms with E-state index in [-0.39, 0.29) is 11.3 Å². The van der Waals surface area contributed by atoms with Crippen molar-refractivity contribution in [2.75, 3.05) is 12.3 Å². The molecule has 0 spiro atoms. The number of benzene rings is 1. The highest BCUT2D eigenvalue weighted by Crippen LogP contribution is 2.22. The minimum Gasteiger partial charge on any atom is -0.309 e. The lowest BCUT2D eigenvalue weighted by atomic mass is 10.1. The first-order valence-electron chi connectivity index (χ1n) is 5.53. The fraction of sp³-hybridized carbons (Fsp3) is 0.500. The fourth-order valence-electron chi connectivity index (χ4n) is 1.92. The van der Waals surface area contributed by atoms with Crippen molar-refractivity contribution in [3.8, 4) is 0 Å². The topological polar surface area (TPSA) is 29.1 Å². The predicted octanol–water partition coefficient (Wildman–Crippen LogP) is 2.51. The van der Waals surface area contributed by atoms with Crippen LogP contribution < -0.4 is 5.32 Å². The molecule has 88 valence electrons. The summed E-state index contributed by atoms with van der Waals surface area (Å²) in [5.74, 6) is 0.682. The standard InChI is InChI=1S/C12H16ClNOS/c1-9-5-6-14-12(8-16(9)15)10-3-2-4-11(13)7-10/h2-4,7,9,12,14H,5-6,8H2,1H3. The molecule has 1 aromatic carbocycles. The summed E-state index contributed by atoms with van der Waals surface area (Å²) in [5.41, 5.74) is 1.13. The number of nitrogens with one attached hydrogen (secondary N) is 1. The Bertz CT molecular complexity index is 396. The zero-order chi connectivity index (χ0) is 11.5. The van der Waals surface area contributed by atoms with Crippen LogP contribution in [-0.4, -0.2) is 21.8 Å². The van der Waals surface area contributed by atoms with E-state index in [0.717, 1.165) is 23.6 Å². The van der Waals surface area contributed by atoms with Gasteiger partial charge in [0, 0.05) is 32.9 Å². The summed E-state index contributed by atoms with van der Waals surface area (Å²) in [4.78, 5) is 0. The lowest BCUT2D eigenvalue weighted by Crippen LogP contribution is -2.23. The molecule has 1 aliphatic rings. The molecule has 2 rings (SSSR count). The molecule has 1 N–H and O–H groups in total. The van der Waals surface area contributed by atoms with Gasteiger partial charge in [-0.05, 0) is 30.7 Å². The maximum Gasteiger partial charge on any atom is 0.0437 e. The van der Waals surface area contributed by atoms with E-state index in [2.05, 4.69) is 12.2 Å². The zero-order valence-electron chi connectivity index (χ0n) is 9.28. The van der Waals surface area contributed by atoms with Crippen molar-refractivity contribution < 1.29 is 4.21 Å². The number of hydrogen-bond acceptors (Lipinski definition) is 2. The van der Waals surface area contributed by atoms with Crippen molar-refractivity contribution in [2.45, 2.75) is 24.6 Å². The summed E-state index contributed by atoms with van der Waals surface area (Å²) in [7, 11) is -0.745. The summed E-state index contributed by atoms with van der Waals surface area (Å²) in [5, 5.41) is 4.46. The molecule has 0 amide bonds. The molecule has 0 radical (unpaired) electrons. The molecular formula is C12H16ClNOS. The summed E-state index contributed by atoms with van der Waals surface area (Å²) in [6, 6.07) is 7.96. The quantitative estimate of drug-likeness (QED) is 0.838. The highest BCUT2D eigenvalue weighted by molar-refractivity contribution is 7.85. The van der Waals surface area contributed by atoms with Crippen molar-refractivity contribution in [2.24, 2.45) is 0 Å². The smallest absolute Gasteiger partial charge is 0.0437 e. The van der Waals surface area contributed by atoms with Gasteiger partial charge in [0.15, 0.2) is 0 Å². The molecule has 3 atom stereocenters. The summed E-state index contributed by atoms with van der Waals surface area (Å²) < 4.78 is 11.9. The van der Waals surface area contributed by atoms with E-state index in [4.69, 9.17) is 11.6 Å². The van der Waals surface area contributed by atoms with E-state index < -0.39 is 10.8 Å². The first-order valence-corrected chi connectivity index (χ1v) is 7.29. The van der Waals surface area contributed by atoms with E-state index in [1.54, 1.807) is 0 Å². The SMILES string of the molecule is CC1CCNC(c2cccc(Cl)c2)CS1=O. The summed E-state index contributed by atoms with van der Waals surface area (Å²) >= 11 is 5.97. The predicted molar refractivity (Wildman–Crippen MR) is 69.3 cm³/mol. The van der Waals surface area contributed by atoms with Crippen LogP contribution in [-0.2, 0) is 10.8 Å². The maximum atomic E-state index is 11.9. The third kappa shape index (κ3) is 2.84. The Labute approximate surface area is 104 Å². The summed E-state index contributed by atoms with van der Waals surface area (Å²) in [6.45, 7) is 2.97. The molecule has 16 heavy (non-hydrogen) atoms. The van der Waals surface area contributed by atoms with Gasteiger partial charge in [0.05, 0.1) is 0 Å². The highest BCUT2D eigenvalue weighted by Gasteiger charge is 2.22. The normalized spacial score (nSPS) is 31.0. The Balaban J connectivity index is 2.18. The molecule has 1 aliphatic heterocycles. The Kier molecular flexibility index (Phi) is 4.00. The second-order valence-electron chi connectivity index (χ2n) is 4.21. The van der Waals surface area contributed by atoms with Crippen molar-refractivity contribution in [1.29, 1.82) is 0 Å². The van der Waals surface area contributed by atoms with Gasteiger partial charge in [0.1, 0.15) is 0 Å². The zero-order valence-corrected chi connectivity index (χ0v) is 10.9. The molecule has 4 heteroatoms. The van der Waals surface area contributed by atoms with Crippen molar-refractivity contribution >= 4 is 22.4 Å². The van der Waals surface area contributed by atoms with Crippen LogP contribution in [0.4, 0.5) is 0 Å². The monoisotopic (exact) mass is 257 g/mol. The third-order valence-electron chi connectivity index (χ3n) is 2.97. The van der Waals surface area contributed by atoms with E-state index in [0.29, 0.717) is 5.75 Å². The minimum atomic E-state index is -0.745. The van der Waals surface area contributed by atoms with Gasteiger partial charge >= 0.3 is 0 Å². The molecule has 2 nitrogen and oxygen atoms in total. The Morgan fingerprint density at radius 1 is 1.50 bits per heavy atom.